The van der Waals surface area contributed by atoms with Crippen molar-refractivity contribution in [3.63, 3.8) is 0 Å². The van der Waals surface area contributed by atoms with Gasteiger partial charge in [0.1, 0.15) is 6.33 Å². The van der Waals surface area contributed by atoms with Gasteiger partial charge in [0, 0.05) is 22.7 Å². The molecule has 0 unspecified atom stereocenters. The van der Waals surface area contributed by atoms with Gasteiger partial charge in [-0.1, -0.05) is 29.8 Å². The maximum Gasteiger partial charge on any atom is 0.417 e. The van der Waals surface area contributed by atoms with Gasteiger partial charge in [-0.2, -0.15) is 13.2 Å². The molecule has 2 amide bonds. The number of hydrogen-bond acceptors (Lipinski definition) is 4. The lowest BCUT2D eigenvalue weighted by Crippen LogP contribution is -2.20. The van der Waals surface area contributed by atoms with E-state index in [-0.39, 0.29) is 5.69 Å². The fourth-order valence-corrected chi connectivity index (χ4v) is 4.95. The van der Waals surface area contributed by atoms with Crippen LogP contribution in [0.5, 0.6) is 0 Å². The minimum Gasteiger partial charge on any atom is -0.308 e. The van der Waals surface area contributed by atoms with Crippen molar-refractivity contribution in [3.05, 3.63) is 102 Å². The van der Waals surface area contributed by atoms with E-state index in [1.807, 2.05) is 34.9 Å². The van der Waals surface area contributed by atoms with Gasteiger partial charge in [-0.05, 0) is 77.9 Å². The molecule has 1 heterocycles. The van der Waals surface area contributed by atoms with Gasteiger partial charge in [-0.15, -0.1) is 0 Å². The quantitative estimate of drug-likeness (QED) is 0.189. The first kappa shape index (κ1) is 28.0. The number of amides is 2. The maximum atomic E-state index is 13.1. The van der Waals surface area contributed by atoms with E-state index in [9.17, 15) is 26.4 Å². The molecule has 0 saturated carbocycles. The van der Waals surface area contributed by atoms with Crippen molar-refractivity contribution in [1.29, 1.82) is 0 Å². The number of nitrogens with one attached hydrogen (secondary N) is 3. The SMILES string of the molecule is CS(=O)(=O)Nc1ccc(-c2ccc3c(c2)ncn3-c2ccc(NC(=O)Nc3ccc(Cl)c(C(F)(F)F)c3)cc2)cc1. The molecule has 210 valence electrons. The molecule has 0 aliphatic carbocycles. The van der Waals surface area contributed by atoms with Crippen LogP contribution in [-0.4, -0.2) is 30.3 Å². The highest BCUT2D eigenvalue weighted by atomic mass is 35.5. The number of halogens is 4. The van der Waals surface area contributed by atoms with E-state index in [4.69, 9.17) is 11.6 Å². The van der Waals surface area contributed by atoms with Crippen LogP contribution in [0.3, 0.4) is 0 Å². The van der Waals surface area contributed by atoms with Crippen molar-refractivity contribution in [2.45, 2.75) is 6.18 Å². The Morgan fingerprint density at radius 1 is 0.829 bits per heavy atom. The fourth-order valence-electron chi connectivity index (χ4n) is 4.16. The molecule has 0 atom stereocenters. The zero-order valence-corrected chi connectivity index (χ0v) is 22.8. The van der Waals surface area contributed by atoms with E-state index in [1.165, 1.54) is 6.07 Å². The Hall–Kier alpha value is -4.55. The van der Waals surface area contributed by atoms with E-state index < -0.39 is 32.8 Å². The number of fused-ring (bicyclic) bond motifs is 1. The standard InChI is InChI=1S/C28H21ClF3N5O3S/c1-41(39,40)36-20-5-2-17(3-6-20)18-4-13-26-25(14-18)33-16-37(26)22-10-7-19(8-11-22)34-27(38)35-21-9-12-24(29)23(15-21)28(30,31)32/h2-16,36H,1H3,(H2,34,35,38). The van der Waals surface area contributed by atoms with Crippen molar-refractivity contribution in [2.75, 3.05) is 21.6 Å². The minimum absolute atomic E-state index is 0.0541. The zero-order valence-electron chi connectivity index (χ0n) is 21.2. The van der Waals surface area contributed by atoms with Crippen LogP contribution in [0, 0.1) is 0 Å². The van der Waals surface area contributed by atoms with E-state index in [0.717, 1.165) is 46.2 Å². The van der Waals surface area contributed by atoms with Crippen LogP contribution in [-0.2, 0) is 16.2 Å². The molecular weight excluding hydrogens is 579 g/mol. The second-order valence-corrected chi connectivity index (χ2v) is 11.2. The number of sulfonamides is 1. The molecule has 4 aromatic carbocycles. The molecule has 5 rings (SSSR count). The van der Waals surface area contributed by atoms with Gasteiger partial charge < -0.3 is 10.6 Å². The van der Waals surface area contributed by atoms with E-state index in [0.29, 0.717) is 11.4 Å². The lowest BCUT2D eigenvalue weighted by Gasteiger charge is -2.12. The average Bonchev–Trinajstić information content (AvgIpc) is 3.32. The second-order valence-electron chi connectivity index (χ2n) is 9.09. The van der Waals surface area contributed by atoms with Gasteiger partial charge in [0.25, 0.3) is 0 Å². The largest absolute Gasteiger partial charge is 0.417 e. The Labute approximate surface area is 237 Å². The number of nitrogens with zero attached hydrogens (tertiary/aromatic N) is 2. The first-order chi connectivity index (χ1) is 19.4. The topological polar surface area (TPSA) is 105 Å². The van der Waals surface area contributed by atoms with E-state index in [1.54, 1.807) is 42.7 Å². The predicted molar refractivity (Wildman–Crippen MR) is 154 cm³/mol. The van der Waals surface area contributed by atoms with Gasteiger partial charge >= 0.3 is 12.2 Å². The van der Waals surface area contributed by atoms with Crippen LogP contribution in [0.15, 0.2) is 91.3 Å². The van der Waals surface area contributed by atoms with Gasteiger partial charge in [0.15, 0.2) is 0 Å². The molecular formula is C28H21ClF3N5O3S. The van der Waals surface area contributed by atoms with Gasteiger partial charge in [-0.3, -0.25) is 9.29 Å². The molecule has 41 heavy (non-hydrogen) atoms. The van der Waals surface area contributed by atoms with Crippen molar-refractivity contribution in [1.82, 2.24) is 9.55 Å². The molecule has 5 aromatic rings. The Bertz CT molecular complexity index is 1860. The van der Waals surface area contributed by atoms with Crippen LogP contribution in [0.4, 0.5) is 35.0 Å². The molecule has 0 aliphatic heterocycles. The number of imidazole rings is 1. The van der Waals surface area contributed by atoms with E-state index in [2.05, 4.69) is 20.3 Å². The Kier molecular flexibility index (Phi) is 7.37. The molecule has 0 bridgehead atoms. The van der Waals surface area contributed by atoms with Crippen molar-refractivity contribution >= 4 is 55.8 Å². The highest BCUT2D eigenvalue weighted by molar-refractivity contribution is 7.92. The summed E-state index contributed by atoms with van der Waals surface area (Å²) in [6, 6.07) is 22.0. The number of carbonyl (C=O) groups is 1. The predicted octanol–water partition coefficient (Wildman–Crippen LogP) is 7.38. The van der Waals surface area contributed by atoms with Gasteiger partial charge in [0.2, 0.25) is 10.0 Å². The molecule has 8 nitrogen and oxygen atoms in total. The third-order valence-electron chi connectivity index (χ3n) is 6.00. The summed E-state index contributed by atoms with van der Waals surface area (Å²) in [6.45, 7) is 0. The van der Waals surface area contributed by atoms with Gasteiger partial charge in [0.05, 0.1) is 27.9 Å². The second kappa shape index (κ2) is 10.8. The number of anilines is 3. The molecule has 0 aliphatic rings. The summed E-state index contributed by atoms with van der Waals surface area (Å²) in [4.78, 5) is 16.9. The first-order valence-electron chi connectivity index (χ1n) is 12.0. The highest BCUT2D eigenvalue weighted by Crippen LogP contribution is 2.36. The molecule has 1 aromatic heterocycles. The summed E-state index contributed by atoms with van der Waals surface area (Å²) in [5.41, 5.74) is 3.95. The van der Waals surface area contributed by atoms with E-state index >= 15 is 0 Å². The summed E-state index contributed by atoms with van der Waals surface area (Å²) < 4.78 is 66.4. The normalized spacial score (nSPS) is 11.8. The minimum atomic E-state index is -4.65. The summed E-state index contributed by atoms with van der Waals surface area (Å²) >= 11 is 5.63. The Balaban J connectivity index is 1.28. The number of carbonyl (C=O) groups excluding carboxylic acids is 1. The zero-order chi connectivity index (χ0) is 29.4. The fraction of sp³-hybridized carbons (Fsp3) is 0.0714. The van der Waals surface area contributed by atoms with Crippen LogP contribution in [0.25, 0.3) is 27.8 Å². The summed E-state index contributed by atoms with van der Waals surface area (Å²) in [5.74, 6) is 0. The monoisotopic (exact) mass is 599 g/mol. The lowest BCUT2D eigenvalue weighted by atomic mass is 10.0. The number of aromatic nitrogens is 2. The maximum absolute atomic E-state index is 13.1. The number of benzene rings is 4. The molecule has 0 radical (unpaired) electrons. The van der Waals surface area contributed by atoms with Crippen molar-refractivity contribution in [2.24, 2.45) is 0 Å². The number of hydrogen-bond donors (Lipinski definition) is 3. The summed E-state index contributed by atoms with van der Waals surface area (Å²) in [6.07, 6.45) is -1.89. The molecule has 0 saturated heterocycles. The number of urea groups is 1. The van der Waals surface area contributed by atoms with Gasteiger partial charge in [-0.25, -0.2) is 18.2 Å². The molecule has 3 N–H and O–H groups in total. The number of alkyl halides is 3. The number of rotatable bonds is 6. The van der Waals surface area contributed by atoms with Crippen LogP contribution in [0.1, 0.15) is 5.56 Å². The first-order valence-corrected chi connectivity index (χ1v) is 14.2. The molecule has 0 fully saturated rings. The Morgan fingerprint density at radius 3 is 2.10 bits per heavy atom. The summed E-state index contributed by atoms with van der Waals surface area (Å²) in [7, 11) is -3.36. The smallest absolute Gasteiger partial charge is 0.308 e. The average molecular weight is 600 g/mol. The van der Waals surface area contributed by atoms with Crippen LogP contribution >= 0.6 is 11.6 Å². The third-order valence-corrected chi connectivity index (χ3v) is 6.94. The van der Waals surface area contributed by atoms with Crippen LogP contribution in [0.2, 0.25) is 5.02 Å². The molecule has 13 heteroatoms. The summed E-state index contributed by atoms with van der Waals surface area (Å²) in [5, 5.41) is 4.50. The highest BCUT2D eigenvalue weighted by Gasteiger charge is 2.33. The third kappa shape index (κ3) is 6.61. The lowest BCUT2D eigenvalue weighted by molar-refractivity contribution is -0.137. The van der Waals surface area contributed by atoms with Crippen LogP contribution < -0.4 is 15.4 Å². The van der Waals surface area contributed by atoms with Crippen molar-refractivity contribution < 1.29 is 26.4 Å². The Morgan fingerprint density at radius 2 is 1.44 bits per heavy atom. The van der Waals surface area contributed by atoms with Crippen molar-refractivity contribution in [3.8, 4) is 16.8 Å². The molecule has 0 spiro atoms.